The van der Waals surface area contributed by atoms with Crippen LogP contribution in [0.25, 0.3) is 0 Å². The summed E-state index contributed by atoms with van der Waals surface area (Å²) in [6.07, 6.45) is 1.26. The van der Waals surface area contributed by atoms with Gasteiger partial charge in [0.1, 0.15) is 6.04 Å². The first-order valence-electron chi connectivity index (χ1n) is 5.83. The molecule has 0 fully saturated rings. The third-order valence-electron chi connectivity index (χ3n) is 2.37. The molecule has 1 atom stereocenters. The van der Waals surface area contributed by atoms with Gasteiger partial charge in [-0.25, -0.2) is 14.3 Å². The van der Waals surface area contributed by atoms with Crippen molar-refractivity contribution in [1.29, 1.82) is 0 Å². The molecule has 0 aliphatic carbocycles. The minimum absolute atomic E-state index is 0.164. The summed E-state index contributed by atoms with van der Waals surface area (Å²) in [6, 6.07) is -1.15. The van der Waals surface area contributed by atoms with Crippen molar-refractivity contribution in [1.82, 2.24) is 30.9 Å². The summed E-state index contributed by atoms with van der Waals surface area (Å²) >= 11 is 0. The van der Waals surface area contributed by atoms with E-state index >= 15 is 0 Å². The quantitative estimate of drug-likeness (QED) is 0.497. The zero-order chi connectivity index (χ0) is 15.1. The monoisotopic (exact) mass is 284 g/mol. The predicted octanol–water partition coefficient (Wildman–Crippen LogP) is -1.59. The Labute approximate surface area is 114 Å². The van der Waals surface area contributed by atoms with Crippen LogP contribution >= 0.6 is 0 Å². The zero-order valence-corrected chi connectivity index (χ0v) is 11.1. The van der Waals surface area contributed by atoms with Gasteiger partial charge < -0.3 is 21.1 Å². The Kier molecular flexibility index (Phi) is 5.44. The average Bonchev–Trinajstić information content (AvgIpc) is 2.86. The number of aromatic carboxylic acids is 1. The minimum Gasteiger partial charge on any atom is -0.476 e. The SMILES string of the molecule is CNC(=O)C(C)NC(=O)NCCn1cc(C(=O)O)nn1. The van der Waals surface area contributed by atoms with E-state index in [9.17, 15) is 14.4 Å². The number of carbonyl (C=O) groups excluding carboxylic acids is 2. The largest absolute Gasteiger partial charge is 0.476 e. The molecule has 1 heterocycles. The molecule has 0 saturated carbocycles. The third kappa shape index (κ3) is 4.55. The van der Waals surface area contributed by atoms with Crippen molar-refractivity contribution in [2.45, 2.75) is 19.5 Å². The van der Waals surface area contributed by atoms with E-state index in [-0.39, 0.29) is 24.7 Å². The second-order valence-corrected chi connectivity index (χ2v) is 3.91. The molecule has 0 spiro atoms. The van der Waals surface area contributed by atoms with Crippen molar-refractivity contribution in [3.8, 4) is 0 Å². The number of carbonyl (C=O) groups is 3. The molecule has 0 radical (unpaired) electrons. The highest BCUT2D eigenvalue weighted by Crippen LogP contribution is 1.91. The maximum absolute atomic E-state index is 11.4. The minimum atomic E-state index is -1.17. The first-order chi connectivity index (χ1) is 9.43. The average molecular weight is 284 g/mol. The fourth-order valence-corrected chi connectivity index (χ4v) is 1.32. The molecule has 4 N–H and O–H groups in total. The van der Waals surface area contributed by atoms with Gasteiger partial charge >= 0.3 is 12.0 Å². The smallest absolute Gasteiger partial charge is 0.358 e. The zero-order valence-electron chi connectivity index (χ0n) is 11.1. The lowest BCUT2D eigenvalue weighted by Gasteiger charge is -2.12. The number of nitrogens with zero attached hydrogens (tertiary/aromatic N) is 3. The molecule has 20 heavy (non-hydrogen) atoms. The first-order valence-corrected chi connectivity index (χ1v) is 5.83. The molecule has 10 heteroatoms. The number of hydrogen-bond acceptors (Lipinski definition) is 5. The van der Waals surface area contributed by atoms with Crippen molar-refractivity contribution >= 4 is 17.9 Å². The van der Waals surface area contributed by atoms with Gasteiger partial charge in [-0.05, 0) is 6.92 Å². The summed E-state index contributed by atoms with van der Waals surface area (Å²) in [7, 11) is 1.48. The van der Waals surface area contributed by atoms with Gasteiger partial charge in [-0.3, -0.25) is 4.79 Å². The normalized spacial score (nSPS) is 11.5. The second kappa shape index (κ2) is 7.07. The molecule has 0 saturated heterocycles. The van der Waals surface area contributed by atoms with Crippen molar-refractivity contribution in [2.75, 3.05) is 13.6 Å². The van der Waals surface area contributed by atoms with Crippen molar-refractivity contribution in [2.24, 2.45) is 0 Å². The third-order valence-corrected chi connectivity index (χ3v) is 2.37. The molecule has 0 bridgehead atoms. The van der Waals surface area contributed by atoms with E-state index in [4.69, 9.17) is 5.11 Å². The van der Waals surface area contributed by atoms with Crippen molar-refractivity contribution in [3.63, 3.8) is 0 Å². The number of aromatic nitrogens is 3. The first kappa shape index (κ1) is 15.4. The van der Waals surface area contributed by atoms with Crippen LogP contribution in [0.15, 0.2) is 6.20 Å². The summed E-state index contributed by atoms with van der Waals surface area (Å²) in [5, 5.41) is 23.0. The van der Waals surface area contributed by atoms with Gasteiger partial charge in [-0.1, -0.05) is 5.21 Å². The van der Waals surface area contributed by atoms with Crippen molar-refractivity contribution < 1.29 is 19.5 Å². The maximum Gasteiger partial charge on any atom is 0.358 e. The highest BCUT2D eigenvalue weighted by Gasteiger charge is 2.13. The molecule has 3 amide bonds. The lowest BCUT2D eigenvalue weighted by molar-refractivity contribution is -0.122. The predicted molar refractivity (Wildman–Crippen MR) is 67.0 cm³/mol. The van der Waals surface area contributed by atoms with Gasteiger partial charge in [-0.2, -0.15) is 0 Å². The van der Waals surface area contributed by atoms with Gasteiger partial charge in [0.15, 0.2) is 5.69 Å². The number of likely N-dealkylation sites (N-methyl/N-ethyl adjacent to an activating group) is 1. The number of hydrogen-bond donors (Lipinski definition) is 4. The van der Waals surface area contributed by atoms with E-state index in [1.54, 1.807) is 6.92 Å². The standard InChI is InChI=1S/C10H16N6O4/c1-6(8(17)11-2)13-10(20)12-3-4-16-5-7(9(18)19)14-15-16/h5-6H,3-4H2,1-2H3,(H,11,17)(H,18,19)(H2,12,13,20). The summed E-state index contributed by atoms with van der Waals surface area (Å²) < 4.78 is 1.30. The van der Waals surface area contributed by atoms with Gasteiger partial charge in [0.05, 0.1) is 12.7 Å². The number of nitrogens with one attached hydrogen (secondary N) is 3. The van der Waals surface area contributed by atoms with E-state index in [2.05, 4.69) is 26.3 Å². The molecule has 10 nitrogen and oxygen atoms in total. The number of carboxylic acids is 1. The number of amides is 3. The Morgan fingerprint density at radius 1 is 1.45 bits per heavy atom. The maximum atomic E-state index is 11.4. The van der Waals surface area contributed by atoms with Crippen LogP contribution in [0.1, 0.15) is 17.4 Å². The van der Waals surface area contributed by atoms with E-state index < -0.39 is 18.0 Å². The number of carboxylic acid groups (broad SMARTS) is 1. The summed E-state index contributed by atoms with van der Waals surface area (Å²) in [5.74, 6) is -1.47. The molecular weight excluding hydrogens is 268 g/mol. The van der Waals surface area contributed by atoms with Gasteiger partial charge in [0.25, 0.3) is 0 Å². The molecule has 0 aliphatic heterocycles. The van der Waals surface area contributed by atoms with Gasteiger partial charge in [0, 0.05) is 13.6 Å². The van der Waals surface area contributed by atoms with Crippen LogP contribution in [-0.4, -0.2) is 57.6 Å². The number of rotatable bonds is 6. The summed E-state index contributed by atoms with van der Waals surface area (Å²) in [5.41, 5.74) is -0.164. The molecule has 1 aromatic heterocycles. The fourth-order valence-electron chi connectivity index (χ4n) is 1.32. The number of urea groups is 1. The lowest BCUT2D eigenvalue weighted by Crippen LogP contribution is -2.48. The van der Waals surface area contributed by atoms with Crippen LogP contribution in [0, 0.1) is 0 Å². The van der Waals surface area contributed by atoms with Crippen LogP contribution in [0.2, 0.25) is 0 Å². The molecular formula is C10H16N6O4. The molecule has 0 aliphatic rings. The summed E-state index contributed by atoms with van der Waals surface area (Å²) in [4.78, 5) is 33.2. The Balaban J connectivity index is 2.31. The van der Waals surface area contributed by atoms with Crippen LogP contribution < -0.4 is 16.0 Å². The van der Waals surface area contributed by atoms with Crippen LogP contribution in [-0.2, 0) is 11.3 Å². The van der Waals surface area contributed by atoms with E-state index in [0.717, 1.165) is 0 Å². The fraction of sp³-hybridized carbons (Fsp3) is 0.500. The van der Waals surface area contributed by atoms with Gasteiger partial charge in [-0.15, -0.1) is 5.10 Å². The van der Waals surface area contributed by atoms with Crippen LogP contribution in [0.3, 0.4) is 0 Å². The molecule has 0 aromatic carbocycles. The highest BCUT2D eigenvalue weighted by atomic mass is 16.4. The van der Waals surface area contributed by atoms with Crippen LogP contribution in [0.5, 0.6) is 0 Å². The second-order valence-electron chi connectivity index (χ2n) is 3.91. The molecule has 1 aromatic rings. The Morgan fingerprint density at radius 2 is 2.15 bits per heavy atom. The molecule has 1 rings (SSSR count). The van der Waals surface area contributed by atoms with E-state index in [0.29, 0.717) is 0 Å². The Morgan fingerprint density at radius 3 is 2.70 bits per heavy atom. The van der Waals surface area contributed by atoms with E-state index in [1.807, 2.05) is 0 Å². The van der Waals surface area contributed by atoms with E-state index in [1.165, 1.54) is 17.9 Å². The van der Waals surface area contributed by atoms with Crippen LogP contribution in [0.4, 0.5) is 4.79 Å². The lowest BCUT2D eigenvalue weighted by atomic mass is 10.3. The molecule has 1 unspecified atom stereocenters. The topological polar surface area (TPSA) is 138 Å². The Bertz CT molecular complexity index is 500. The highest BCUT2D eigenvalue weighted by molar-refractivity contribution is 5.86. The van der Waals surface area contributed by atoms with Crippen molar-refractivity contribution in [3.05, 3.63) is 11.9 Å². The molecule has 110 valence electrons. The Hall–Kier alpha value is -2.65. The summed E-state index contributed by atoms with van der Waals surface area (Å²) in [6.45, 7) is 2.03. The van der Waals surface area contributed by atoms with Gasteiger partial charge in [0.2, 0.25) is 5.91 Å².